The lowest BCUT2D eigenvalue weighted by Crippen LogP contribution is -2.15. The molecule has 0 saturated carbocycles. The van der Waals surface area contributed by atoms with E-state index in [4.69, 9.17) is 9.47 Å². The van der Waals surface area contributed by atoms with E-state index in [0.29, 0.717) is 33.4 Å². The van der Waals surface area contributed by atoms with Gasteiger partial charge in [-0.1, -0.05) is 11.8 Å². The summed E-state index contributed by atoms with van der Waals surface area (Å²) < 4.78 is 10.4. The Morgan fingerprint density at radius 1 is 1.15 bits per heavy atom. The first-order valence-electron chi connectivity index (χ1n) is 7.74. The van der Waals surface area contributed by atoms with Crippen molar-refractivity contribution in [2.24, 2.45) is 0 Å². The number of fused-ring (bicyclic) bond motifs is 1. The highest BCUT2D eigenvalue weighted by Crippen LogP contribution is 2.26. The van der Waals surface area contributed by atoms with Crippen LogP contribution in [-0.2, 0) is 4.79 Å². The van der Waals surface area contributed by atoms with Crippen LogP contribution in [0.15, 0.2) is 34.2 Å². The molecule has 0 radical (unpaired) electrons. The second kappa shape index (κ2) is 7.52. The number of carbonyl (C=O) groups excluding carboxylic acids is 1. The fraction of sp³-hybridized carbons (Fsp3) is 0.235. The van der Waals surface area contributed by atoms with Crippen molar-refractivity contribution in [2.45, 2.75) is 12.1 Å². The van der Waals surface area contributed by atoms with Crippen molar-refractivity contribution >= 4 is 34.4 Å². The van der Waals surface area contributed by atoms with Crippen LogP contribution in [0.3, 0.4) is 0 Å². The summed E-state index contributed by atoms with van der Waals surface area (Å²) in [5, 5.41) is 3.16. The van der Waals surface area contributed by atoms with Crippen LogP contribution in [0.1, 0.15) is 5.69 Å². The number of hydrogen-bond donors (Lipinski definition) is 3. The zero-order valence-corrected chi connectivity index (χ0v) is 15.3. The predicted octanol–water partition coefficient (Wildman–Crippen LogP) is 2.31. The van der Waals surface area contributed by atoms with Gasteiger partial charge in [-0.2, -0.15) is 0 Å². The number of ether oxygens (including phenoxy) is 2. The quantitative estimate of drug-likeness (QED) is 0.451. The number of amides is 1. The van der Waals surface area contributed by atoms with E-state index in [2.05, 4.69) is 20.3 Å². The maximum absolute atomic E-state index is 12.2. The van der Waals surface area contributed by atoms with E-state index >= 15 is 0 Å². The first kappa shape index (κ1) is 17.9. The molecule has 0 fully saturated rings. The maximum atomic E-state index is 12.2. The van der Waals surface area contributed by atoms with Gasteiger partial charge in [0.2, 0.25) is 5.91 Å². The fourth-order valence-electron chi connectivity index (χ4n) is 2.41. The van der Waals surface area contributed by atoms with E-state index in [1.54, 1.807) is 24.3 Å². The van der Waals surface area contributed by atoms with Gasteiger partial charge < -0.3 is 19.8 Å². The van der Waals surface area contributed by atoms with Crippen molar-refractivity contribution in [3.05, 3.63) is 40.3 Å². The van der Waals surface area contributed by atoms with Gasteiger partial charge in [0.15, 0.2) is 5.16 Å². The molecule has 2 aromatic heterocycles. The van der Waals surface area contributed by atoms with Gasteiger partial charge >= 0.3 is 0 Å². The molecule has 0 unspecified atom stereocenters. The van der Waals surface area contributed by atoms with Gasteiger partial charge in [-0.05, 0) is 13.0 Å². The molecule has 9 heteroatoms. The maximum Gasteiger partial charge on any atom is 0.275 e. The van der Waals surface area contributed by atoms with E-state index in [1.165, 1.54) is 14.2 Å². The molecule has 3 N–H and O–H groups in total. The van der Waals surface area contributed by atoms with E-state index in [-0.39, 0.29) is 17.2 Å². The van der Waals surface area contributed by atoms with Gasteiger partial charge in [0.05, 0.1) is 25.5 Å². The van der Waals surface area contributed by atoms with E-state index in [0.717, 1.165) is 17.5 Å². The molecule has 0 aliphatic rings. The Bertz CT molecular complexity index is 989. The number of thioether (sulfide) groups is 1. The van der Waals surface area contributed by atoms with Gasteiger partial charge in [0, 0.05) is 29.6 Å². The molecule has 3 rings (SSSR count). The van der Waals surface area contributed by atoms with Crippen molar-refractivity contribution in [1.82, 2.24) is 15.0 Å². The highest BCUT2D eigenvalue weighted by atomic mass is 32.2. The smallest absolute Gasteiger partial charge is 0.275 e. The Balaban J connectivity index is 1.68. The number of carbonyl (C=O) groups is 1. The minimum atomic E-state index is -0.261. The third-order valence-electron chi connectivity index (χ3n) is 3.58. The number of nitrogens with zero attached hydrogens (tertiary/aromatic N) is 1. The number of anilines is 1. The number of hydrogen-bond acceptors (Lipinski definition) is 6. The molecule has 0 atom stereocenters. The average Bonchev–Trinajstić information content (AvgIpc) is 3.00. The van der Waals surface area contributed by atoms with Gasteiger partial charge in [-0.3, -0.25) is 14.6 Å². The van der Waals surface area contributed by atoms with Crippen LogP contribution in [-0.4, -0.2) is 40.8 Å². The normalized spacial score (nSPS) is 10.7. The first-order valence-corrected chi connectivity index (χ1v) is 8.72. The molecule has 0 aliphatic heterocycles. The summed E-state index contributed by atoms with van der Waals surface area (Å²) in [7, 11) is 3.08. The minimum absolute atomic E-state index is 0.0946. The van der Waals surface area contributed by atoms with Crippen LogP contribution in [0.2, 0.25) is 0 Å². The van der Waals surface area contributed by atoms with Crippen LogP contribution in [0, 0.1) is 6.92 Å². The van der Waals surface area contributed by atoms with E-state index in [1.807, 2.05) is 6.92 Å². The molecular weight excluding hydrogens is 356 g/mol. The van der Waals surface area contributed by atoms with Crippen LogP contribution in [0.5, 0.6) is 11.5 Å². The number of H-pyrrole nitrogens is 2. The molecule has 0 saturated heterocycles. The number of rotatable bonds is 6. The molecule has 1 aromatic carbocycles. The fourth-order valence-corrected chi connectivity index (χ4v) is 3.08. The minimum Gasteiger partial charge on any atom is -0.497 e. The van der Waals surface area contributed by atoms with Crippen LogP contribution in [0.4, 0.5) is 5.69 Å². The van der Waals surface area contributed by atoms with Gasteiger partial charge in [-0.25, -0.2) is 4.98 Å². The van der Waals surface area contributed by atoms with Crippen molar-refractivity contribution < 1.29 is 14.3 Å². The third kappa shape index (κ3) is 3.99. The summed E-state index contributed by atoms with van der Waals surface area (Å²) in [5.41, 5.74) is 2.16. The molecule has 1 amide bonds. The Hall–Kier alpha value is -2.94. The molecule has 8 nitrogen and oxygen atoms in total. The van der Waals surface area contributed by atoms with Crippen molar-refractivity contribution in [3.63, 3.8) is 0 Å². The molecule has 0 bridgehead atoms. The number of aryl methyl sites for hydroxylation is 1. The highest BCUT2D eigenvalue weighted by molar-refractivity contribution is 7.99. The lowest BCUT2D eigenvalue weighted by molar-refractivity contribution is -0.113. The van der Waals surface area contributed by atoms with Gasteiger partial charge in [-0.15, -0.1) is 0 Å². The summed E-state index contributed by atoms with van der Waals surface area (Å²) in [4.78, 5) is 34.2. The van der Waals surface area contributed by atoms with E-state index in [9.17, 15) is 9.59 Å². The molecule has 3 aromatic rings. The van der Waals surface area contributed by atoms with Crippen LogP contribution < -0.4 is 20.3 Å². The molecule has 2 heterocycles. The van der Waals surface area contributed by atoms with Gasteiger partial charge in [0.25, 0.3) is 5.56 Å². The number of nitrogens with one attached hydrogen (secondary N) is 3. The highest BCUT2D eigenvalue weighted by Gasteiger charge is 2.10. The monoisotopic (exact) mass is 374 g/mol. The zero-order chi connectivity index (χ0) is 18.7. The van der Waals surface area contributed by atoms with E-state index < -0.39 is 0 Å². The summed E-state index contributed by atoms with van der Waals surface area (Å²) in [6.45, 7) is 1.85. The lowest BCUT2D eigenvalue weighted by Gasteiger charge is -2.09. The zero-order valence-electron chi connectivity index (χ0n) is 14.5. The molecule has 0 aliphatic carbocycles. The number of benzene rings is 1. The first-order chi connectivity index (χ1) is 12.5. The Morgan fingerprint density at radius 3 is 2.50 bits per heavy atom. The van der Waals surface area contributed by atoms with Crippen LogP contribution in [0.25, 0.3) is 11.0 Å². The van der Waals surface area contributed by atoms with Crippen molar-refractivity contribution in [1.29, 1.82) is 0 Å². The summed E-state index contributed by atoms with van der Waals surface area (Å²) in [6, 6.07) is 6.89. The number of aromatic nitrogens is 3. The SMILES string of the molecule is COc1cc(NC(=O)CSc2nc3cc(C)[nH]c3c(=O)[nH]2)cc(OC)c1. The molecule has 26 heavy (non-hydrogen) atoms. The Kier molecular flexibility index (Phi) is 5.17. The predicted molar refractivity (Wildman–Crippen MR) is 100 cm³/mol. The van der Waals surface area contributed by atoms with Gasteiger partial charge in [0.1, 0.15) is 17.0 Å². The average molecular weight is 374 g/mol. The molecule has 0 spiro atoms. The molecular formula is C17H18N4O4S. The Labute approximate surface area is 153 Å². The lowest BCUT2D eigenvalue weighted by atomic mass is 10.2. The Morgan fingerprint density at radius 2 is 1.85 bits per heavy atom. The molecule has 136 valence electrons. The van der Waals surface area contributed by atoms with Crippen molar-refractivity contribution in [2.75, 3.05) is 25.3 Å². The number of methoxy groups -OCH3 is 2. The van der Waals surface area contributed by atoms with Crippen LogP contribution >= 0.6 is 11.8 Å². The second-order valence-electron chi connectivity index (χ2n) is 5.52. The second-order valence-corrected chi connectivity index (χ2v) is 6.49. The largest absolute Gasteiger partial charge is 0.497 e. The summed E-state index contributed by atoms with van der Waals surface area (Å²) in [5.74, 6) is 1.01. The summed E-state index contributed by atoms with van der Waals surface area (Å²) >= 11 is 1.15. The number of aromatic amines is 2. The summed E-state index contributed by atoms with van der Waals surface area (Å²) in [6.07, 6.45) is 0. The van der Waals surface area contributed by atoms with Crippen molar-refractivity contribution in [3.8, 4) is 11.5 Å². The third-order valence-corrected chi connectivity index (χ3v) is 4.45. The standard InChI is InChI=1S/C17H18N4O4S/c1-9-4-13-15(18-9)16(23)21-17(20-13)26-8-14(22)19-10-5-11(24-2)7-12(6-10)25-3/h4-7,18H,8H2,1-3H3,(H,19,22)(H,20,21,23). The topological polar surface area (TPSA) is 109 Å².